The molecule has 0 aromatic carbocycles. The Balaban J connectivity index is 2.97. The molecule has 0 aliphatic carbocycles. The van der Waals surface area contributed by atoms with E-state index >= 15 is 0 Å². The molecule has 0 bridgehead atoms. The van der Waals surface area contributed by atoms with Crippen molar-refractivity contribution < 1.29 is 97.5 Å². The summed E-state index contributed by atoms with van der Waals surface area (Å²) in [6.45, 7) is 13.8. The molecular formula is C56H88N12O20. The van der Waals surface area contributed by atoms with Gasteiger partial charge in [0.1, 0.15) is 54.4 Å². The molecule has 88 heavy (non-hydrogen) atoms. The predicted octanol–water partition coefficient (Wildman–Crippen LogP) is -3.91. The van der Waals surface area contributed by atoms with Gasteiger partial charge < -0.3 is 89.3 Å². The molecule has 0 spiro atoms. The molecule has 2 aliphatic rings. The first-order chi connectivity index (χ1) is 41.0. The Hall–Kier alpha value is -8.55. The summed E-state index contributed by atoms with van der Waals surface area (Å²) in [6.07, 6.45) is 3.09. The smallest absolute Gasteiger partial charge is 0.335 e. The highest BCUT2D eigenvalue weighted by Gasteiger charge is 2.45. The Morgan fingerprint density at radius 3 is 1.78 bits per heavy atom. The fourth-order valence-electron chi connectivity index (χ4n) is 9.25. The third kappa shape index (κ3) is 23.6. The Kier molecular flexibility index (Phi) is 30.8. The van der Waals surface area contributed by atoms with Gasteiger partial charge in [-0.25, -0.2) is 4.79 Å². The molecule has 32 heteroatoms. The zero-order valence-corrected chi connectivity index (χ0v) is 51.1. The van der Waals surface area contributed by atoms with Crippen molar-refractivity contribution in [3.8, 4) is 0 Å². The van der Waals surface area contributed by atoms with E-state index in [2.05, 4.69) is 37.2 Å². The molecule has 14 atom stereocenters. The minimum Gasteiger partial charge on any atom is -0.481 e. The maximum atomic E-state index is 14.8. The van der Waals surface area contributed by atoms with E-state index in [0.717, 1.165) is 31.2 Å². The van der Waals surface area contributed by atoms with E-state index in [1.807, 2.05) is 29.8 Å². The van der Waals surface area contributed by atoms with E-state index in [0.29, 0.717) is 12.3 Å². The highest BCUT2D eigenvalue weighted by Crippen LogP contribution is 2.26. The van der Waals surface area contributed by atoms with Crippen LogP contribution in [0, 0.1) is 35.5 Å². The molecular weight excluding hydrogens is 1160 g/mol. The second-order valence-corrected chi connectivity index (χ2v) is 23.1. The van der Waals surface area contributed by atoms with Gasteiger partial charge in [0.25, 0.3) is 0 Å². The number of allylic oxidation sites excluding steroid dienone is 3. The van der Waals surface area contributed by atoms with Crippen LogP contribution in [0.25, 0.3) is 0 Å². The average Bonchev–Trinajstić information content (AvgIpc) is 1.69. The fraction of sp³-hybridized carbons (Fsp3) is 0.661. The highest BCUT2D eigenvalue weighted by atomic mass is 16.4. The number of nitrogens with zero attached hydrogens (tertiary/aromatic N) is 1. The fourth-order valence-corrected chi connectivity index (χ4v) is 9.25. The van der Waals surface area contributed by atoms with E-state index < -0.39 is 198 Å². The van der Waals surface area contributed by atoms with Crippen molar-refractivity contribution in [2.45, 2.75) is 181 Å². The Morgan fingerprint density at radius 1 is 0.648 bits per heavy atom. The van der Waals surface area contributed by atoms with Crippen LogP contribution >= 0.6 is 0 Å². The van der Waals surface area contributed by atoms with Gasteiger partial charge in [-0.15, -0.1) is 0 Å². The van der Waals surface area contributed by atoms with Gasteiger partial charge in [-0.05, 0) is 89.5 Å². The number of hydrogen-bond donors (Lipinski definition) is 16. The van der Waals surface area contributed by atoms with Crippen LogP contribution in [0.3, 0.4) is 0 Å². The number of hydrogen-bond acceptors (Lipinski definition) is 17. The number of fused-ring (bicyclic) bond motifs is 1. The zero-order valence-electron chi connectivity index (χ0n) is 51.1. The van der Waals surface area contributed by atoms with E-state index in [1.54, 1.807) is 19.1 Å². The summed E-state index contributed by atoms with van der Waals surface area (Å²) in [7, 11) is 0. The summed E-state index contributed by atoms with van der Waals surface area (Å²) in [5.41, 5.74) is 5.69. The topological polar surface area (TPSA) is 507 Å². The van der Waals surface area contributed by atoms with Crippen molar-refractivity contribution in [2.75, 3.05) is 19.6 Å². The van der Waals surface area contributed by atoms with E-state index in [9.17, 15) is 97.5 Å². The predicted molar refractivity (Wildman–Crippen MR) is 310 cm³/mol. The summed E-state index contributed by atoms with van der Waals surface area (Å²) in [5, 5.41) is 73.1. The van der Waals surface area contributed by atoms with Gasteiger partial charge in [-0.3, -0.25) is 67.1 Å². The number of unbranched alkanes of at least 4 members (excludes halogenated alkanes) is 1. The number of carbonyl (C=O) groups is 15. The summed E-state index contributed by atoms with van der Waals surface area (Å²) in [5.74, 6) is -25.6. The van der Waals surface area contributed by atoms with E-state index in [-0.39, 0.29) is 38.8 Å². The number of amides is 11. The van der Waals surface area contributed by atoms with E-state index in [1.165, 1.54) is 40.7 Å². The highest BCUT2D eigenvalue weighted by molar-refractivity contribution is 6.02. The first kappa shape index (κ1) is 75.5. The van der Waals surface area contributed by atoms with Gasteiger partial charge >= 0.3 is 23.9 Å². The summed E-state index contributed by atoms with van der Waals surface area (Å²) < 4.78 is 0. The minimum absolute atomic E-state index is 0.0277. The van der Waals surface area contributed by atoms with Gasteiger partial charge in [-0.1, -0.05) is 66.7 Å². The monoisotopic (exact) mass is 1250 g/mol. The number of carboxylic acid groups (broad SMARTS) is 4. The van der Waals surface area contributed by atoms with Crippen molar-refractivity contribution in [1.82, 2.24) is 58.1 Å². The van der Waals surface area contributed by atoms with Crippen molar-refractivity contribution in [3.63, 3.8) is 0 Å². The lowest BCUT2D eigenvalue weighted by atomic mass is 9.97. The first-order valence-electron chi connectivity index (χ1n) is 29.0. The largest absolute Gasteiger partial charge is 0.481 e. The number of aliphatic hydroxyl groups excluding tert-OH is 1. The van der Waals surface area contributed by atoms with Crippen LogP contribution < -0.4 is 58.9 Å². The minimum atomic E-state index is -2.84. The molecule has 2 rings (SSSR count). The number of carbonyl (C=O) groups excluding carboxylic acids is 11. The normalized spacial score (nSPS) is 25.9. The maximum absolute atomic E-state index is 14.8. The van der Waals surface area contributed by atoms with E-state index in [4.69, 9.17) is 5.73 Å². The first-order valence-corrected chi connectivity index (χ1v) is 29.0. The molecule has 0 aromatic heterocycles. The number of aliphatic carboxylic acids is 4. The van der Waals surface area contributed by atoms with Gasteiger partial charge in [0.2, 0.25) is 65.0 Å². The Labute approximate surface area is 508 Å². The quantitative estimate of drug-likeness (QED) is 0.0280. The molecule has 32 nitrogen and oxygen atoms in total. The van der Waals surface area contributed by atoms with Gasteiger partial charge in [0, 0.05) is 12.6 Å². The number of aliphatic hydroxyl groups is 1. The van der Waals surface area contributed by atoms with Crippen LogP contribution in [0.4, 0.5) is 0 Å². The number of carboxylic acids is 4. The molecule has 0 aromatic rings. The maximum Gasteiger partial charge on any atom is 0.335 e. The lowest BCUT2D eigenvalue weighted by molar-refractivity contribution is -0.153. The van der Waals surface area contributed by atoms with Crippen LogP contribution in [0.1, 0.15) is 114 Å². The summed E-state index contributed by atoms with van der Waals surface area (Å²) in [4.78, 5) is 205. The van der Waals surface area contributed by atoms with Crippen molar-refractivity contribution >= 4 is 88.9 Å². The van der Waals surface area contributed by atoms with Crippen LogP contribution in [0.2, 0.25) is 0 Å². The van der Waals surface area contributed by atoms with Crippen molar-refractivity contribution in [1.29, 1.82) is 0 Å². The van der Waals surface area contributed by atoms with Crippen LogP contribution in [0.15, 0.2) is 24.3 Å². The second kappa shape index (κ2) is 35.9. The number of nitrogens with one attached hydrogen (secondary N) is 10. The molecule has 2 heterocycles. The Morgan fingerprint density at radius 2 is 1.23 bits per heavy atom. The summed E-state index contributed by atoms with van der Waals surface area (Å²) >= 11 is 0. The third-order valence-corrected chi connectivity index (χ3v) is 14.6. The molecule has 11 amide bonds. The number of nitrogens with two attached hydrogens (primary N) is 1. The summed E-state index contributed by atoms with van der Waals surface area (Å²) in [6, 6.07) is -18.6. The lowest BCUT2D eigenvalue weighted by Crippen LogP contribution is -2.65. The molecule has 4 unspecified atom stereocenters. The van der Waals surface area contributed by atoms with Crippen LogP contribution in [-0.2, 0) is 71.9 Å². The van der Waals surface area contributed by atoms with Crippen LogP contribution in [-0.4, -0.2) is 205 Å². The molecule has 2 fully saturated rings. The SMILES string of the molecule is CC(C)CC/C=C\C=C\C(=O)N[C@@H](C(=O)N[C@H]1C(=O)N[C@@H](C(C)C)C(=O)N[C@H](CCCCN)C(=O)N[C@H](C(O)C(=O)O)C(=O)N[C@H](CC(=O)O)C(=O)NCC(=O)N[C@@H](C(C)C(=O)O)C(=O)N[C@H](C(C)C)C(=O)N2C[C@@H](C)C[C@H]2C(=O)NC1C)C(C)C(=O)O. The van der Waals surface area contributed by atoms with Gasteiger partial charge in [0.15, 0.2) is 6.10 Å². The third-order valence-electron chi connectivity index (χ3n) is 14.6. The lowest BCUT2D eigenvalue weighted by Gasteiger charge is -2.34. The van der Waals surface area contributed by atoms with Crippen LogP contribution in [0.5, 0.6) is 0 Å². The van der Waals surface area contributed by atoms with Crippen molar-refractivity contribution in [3.05, 3.63) is 24.3 Å². The van der Waals surface area contributed by atoms with Gasteiger partial charge in [0.05, 0.1) is 30.8 Å². The second-order valence-electron chi connectivity index (χ2n) is 23.1. The molecule has 0 saturated carbocycles. The number of rotatable bonds is 22. The van der Waals surface area contributed by atoms with Crippen molar-refractivity contribution in [2.24, 2.45) is 41.2 Å². The zero-order chi connectivity index (χ0) is 67.0. The molecule has 492 valence electrons. The van der Waals surface area contributed by atoms with Gasteiger partial charge in [-0.2, -0.15) is 0 Å². The molecule has 17 N–H and O–H groups in total. The average molecular weight is 1250 g/mol. The standard InChI is InChI=1S/C56H88N12O20/c1-25(2)17-13-11-12-14-19-35(69)62-40(29(8)54(83)84)50(79)66-42-31(10)59-47(76)34-21-28(7)24-68(34)53(82)39(27(5)6)65-49(78)41(30(9)55(85)86)63-36(70)23-58-45(74)33(22-37(71)72)61-52(81)43(44(73)56(87)88)67-46(75)32(18-15-16-20-57)60-48(77)38(26(3)4)64-51(42)80/h11-12,14,19,25-34,38-44,73H,13,15-18,20-24,57H2,1-10H3,(H,58,74)(H,59,76)(H,60,77)(H,61,81)(H,62,69)(H,63,70)(H,64,80)(H,65,78)(H,66,79)(H,67,75)(H,71,72)(H,83,84)(H,85,86)(H,87,88)/b12-11-,19-14+/t28-,29?,30?,31?,32+,33+,34-,38-,39+,40+,41-,42+,43+,44?/m0/s1. The molecule has 2 saturated heterocycles. The molecule has 2 aliphatic heterocycles. The molecule has 0 radical (unpaired) electrons. The Bertz CT molecular complexity index is 2630.